The molecule has 114 valence electrons. The number of nitrogens with two attached hydrogens (primary N) is 1. The average molecular weight is 351 g/mol. The first-order valence-corrected chi connectivity index (χ1v) is 8.00. The summed E-state index contributed by atoms with van der Waals surface area (Å²) in [4.78, 5) is 0. The van der Waals surface area contributed by atoms with Gasteiger partial charge in [0.25, 0.3) is 0 Å². The molecule has 0 saturated heterocycles. The molecule has 5 heteroatoms. The van der Waals surface area contributed by atoms with Gasteiger partial charge in [0.15, 0.2) is 0 Å². The fourth-order valence-electron chi connectivity index (χ4n) is 2.67. The molecule has 0 radical (unpaired) electrons. The van der Waals surface area contributed by atoms with Crippen molar-refractivity contribution in [2.75, 3.05) is 0 Å². The second kappa shape index (κ2) is 7.20. The van der Waals surface area contributed by atoms with E-state index in [1.54, 1.807) is 0 Å². The number of hydrazine groups is 1. The summed E-state index contributed by atoms with van der Waals surface area (Å²) in [5.41, 5.74) is 7.92. The maximum atomic E-state index is 5.73. The highest BCUT2D eigenvalue weighted by molar-refractivity contribution is 9.10. The highest BCUT2D eigenvalue weighted by atomic mass is 79.9. The Morgan fingerprint density at radius 3 is 2.62 bits per heavy atom. The van der Waals surface area contributed by atoms with E-state index in [9.17, 15) is 0 Å². The molecule has 0 amide bonds. The number of hydrogen-bond donors (Lipinski definition) is 2. The third kappa shape index (κ3) is 3.93. The number of halogens is 1. The minimum atomic E-state index is 0.253. The minimum Gasteiger partial charge on any atom is -0.272 e. The lowest BCUT2D eigenvalue weighted by Gasteiger charge is -2.17. The van der Waals surface area contributed by atoms with Gasteiger partial charge in [0.1, 0.15) is 0 Å². The molecule has 0 fully saturated rings. The monoisotopic (exact) mass is 350 g/mol. The Kier molecular flexibility index (Phi) is 5.56. The van der Waals surface area contributed by atoms with Gasteiger partial charge in [0.2, 0.25) is 0 Å². The van der Waals surface area contributed by atoms with Crippen molar-refractivity contribution in [2.45, 2.75) is 39.2 Å². The molecule has 2 aromatic rings. The van der Waals surface area contributed by atoms with Crippen molar-refractivity contribution < 1.29 is 0 Å². The Labute approximate surface area is 134 Å². The van der Waals surface area contributed by atoms with E-state index in [1.165, 1.54) is 16.8 Å². The lowest BCUT2D eigenvalue weighted by atomic mass is 9.99. The summed E-state index contributed by atoms with van der Waals surface area (Å²) in [5.74, 6) is 5.73. The first-order valence-electron chi connectivity index (χ1n) is 7.21. The van der Waals surface area contributed by atoms with E-state index in [1.807, 2.05) is 17.8 Å². The van der Waals surface area contributed by atoms with Crippen LogP contribution < -0.4 is 11.3 Å². The van der Waals surface area contributed by atoms with Crippen LogP contribution in [0.5, 0.6) is 0 Å². The summed E-state index contributed by atoms with van der Waals surface area (Å²) in [6.07, 6.45) is 2.90. The van der Waals surface area contributed by atoms with Gasteiger partial charge in [-0.25, -0.2) is 0 Å². The molecule has 21 heavy (non-hydrogen) atoms. The van der Waals surface area contributed by atoms with E-state index in [0.717, 1.165) is 29.4 Å². The van der Waals surface area contributed by atoms with E-state index >= 15 is 0 Å². The fourth-order valence-corrected chi connectivity index (χ4v) is 3.12. The number of nitrogens with zero attached hydrogens (tertiary/aromatic N) is 2. The zero-order valence-corrected chi connectivity index (χ0v) is 14.4. The molecule has 3 N–H and O–H groups in total. The van der Waals surface area contributed by atoms with Gasteiger partial charge in [-0.2, -0.15) is 5.10 Å². The van der Waals surface area contributed by atoms with Gasteiger partial charge in [0.05, 0.1) is 5.69 Å². The van der Waals surface area contributed by atoms with E-state index in [4.69, 9.17) is 5.84 Å². The molecule has 0 bridgehead atoms. The maximum absolute atomic E-state index is 5.73. The first kappa shape index (κ1) is 16.2. The Morgan fingerprint density at radius 2 is 2.05 bits per heavy atom. The van der Waals surface area contributed by atoms with Crippen LogP contribution in [0.1, 0.15) is 28.9 Å². The summed E-state index contributed by atoms with van der Waals surface area (Å²) in [6.45, 7) is 4.19. The van der Waals surface area contributed by atoms with Crippen molar-refractivity contribution in [3.63, 3.8) is 0 Å². The van der Waals surface area contributed by atoms with Gasteiger partial charge >= 0.3 is 0 Å². The van der Waals surface area contributed by atoms with Crippen LogP contribution in [0.4, 0.5) is 0 Å². The Balaban J connectivity index is 2.01. The molecule has 0 aliphatic carbocycles. The van der Waals surface area contributed by atoms with Crippen molar-refractivity contribution in [3.8, 4) is 0 Å². The third-order valence-corrected chi connectivity index (χ3v) is 4.84. The number of hydrogen-bond acceptors (Lipinski definition) is 3. The Morgan fingerprint density at radius 1 is 1.33 bits per heavy atom. The van der Waals surface area contributed by atoms with Crippen LogP contribution in [-0.2, 0) is 19.9 Å². The summed E-state index contributed by atoms with van der Waals surface area (Å²) in [6, 6.07) is 8.54. The molecule has 0 saturated carbocycles. The molecule has 1 aromatic carbocycles. The summed E-state index contributed by atoms with van der Waals surface area (Å²) >= 11 is 3.59. The van der Waals surface area contributed by atoms with Crippen molar-refractivity contribution in [3.05, 3.63) is 51.3 Å². The Bertz CT molecular complexity index is 606. The number of rotatable bonds is 6. The number of aromatic nitrogens is 2. The molecule has 1 heterocycles. The van der Waals surface area contributed by atoms with Gasteiger partial charge in [-0.1, -0.05) is 34.1 Å². The maximum Gasteiger partial charge on any atom is 0.0628 e. The molecule has 0 aliphatic rings. The fraction of sp³-hybridized carbons (Fsp3) is 0.438. The highest BCUT2D eigenvalue weighted by Crippen LogP contribution is 2.20. The van der Waals surface area contributed by atoms with Gasteiger partial charge in [-0.15, -0.1) is 0 Å². The van der Waals surface area contributed by atoms with Gasteiger partial charge in [0, 0.05) is 23.3 Å². The van der Waals surface area contributed by atoms with Crippen molar-refractivity contribution in [2.24, 2.45) is 12.9 Å². The smallest absolute Gasteiger partial charge is 0.0628 e. The van der Waals surface area contributed by atoms with E-state index < -0.39 is 0 Å². The molecular weight excluding hydrogens is 328 g/mol. The molecule has 0 spiro atoms. The minimum absolute atomic E-state index is 0.253. The zero-order chi connectivity index (χ0) is 15.4. The Hall–Kier alpha value is -1.17. The van der Waals surface area contributed by atoms with E-state index in [-0.39, 0.29) is 6.04 Å². The van der Waals surface area contributed by atoms with Gasteiger partial charge in [-0.05, 0) is 50.3 Å². The quantitative estimate of drug-likeness (QED) is 0.622. The topological polar surface area (TPSA) is 55.9 Å². The zero-order valence-electron chi connectivity index (χ0n) is 12.9. The van der Waals surface area contributed by atoms with Crippen molar-refractivity contribution in [1.82, 2.24) is 15.2 Å². The van der Waals surface area contributed by atoms with Crippen LogP contribution in [-0.4, -0.2) is 15.8 Å². The summed E-state index contributed by atoms with van der Waals surface area (Å²) in [5, 5.41) is 4.47. The molecule has 1 atom stereocenters. The summed E-state index contributed by atoms with van der Waals surface area (Å²) in [7, 11) is 1.99. The predicted molar refractivity (Wildman–Crippen MR) is 90.0 cm³/mol. The standard InChI is InChI=1S/C16H23BrN4/c1-11-15(12(2)21(3)20-11)9-8-14(19-18)10-13-6-4-5-7-16(13)17/h4-7,14,19H,8-10,18H2,1-3H3. The van der Waals surface area contributed by atoms with Crippen molar-refractivity contribution in [1.29, 1.82) is 0 Å². The number of aryl methyl sites for hydroxylation is 2. The van der Waals surface area contributed by atoms with Crippen LogP contribution >= 0.6 is 15.9 Å². The largest absolute Gasteiger partial charge is 0.272 e. The lowest BCUT2D eigenvalue weighted by Crippen LogP contribution is -2.37. The van der Waals surface area contributed by atoms with Crippen LogP contribution in [0.3, 0.4) is 0 Å². The van der Waals surface area contributed by atoms with Gasteiger partial charge < -0.3 is 0 Å². The van der Waals surface area contributed by atoms with Crippen LogP contribution in [0, 0.1) is 13.8 Å². The van der Waals surface area contributed by atoms with E-state index in [2.05, 4.69) is 58.5 Å². The van der Waals surface area contributed by atoms with Gasteiger partial charge in [-0.3, -0.25) is 16.0 Å². The number of benzene rings is 1. The van der Waals surface area contributed by atoms with Crippen molar-refractivity contribution >= 4 is 15.9 Å². The first-order chi connectivity index (χ1) is 10.0. The van der Waals surface area contributed by atoms with Crippen LogP contribution in [0.2, 0.25) is 0 Å². The summed E-state index contributed by atoms with van der Waals surface area (Å²) < 4.78 is 3.09. The SMILES string of the molecule is Cc1nn(C)c(C)c1CCC(Cc1ccccc1Br)NN. The molecule has 1 aromatic heterocycles. The predicted octanol–water partition coefficient (Wildman–Crippen LogP) is 2.81. The molecular formula is C16H23BrN4. The van der Waals surface area contributed by atoms with Crippen LogP contribution in [0.25, 0.3) is 0 Å². The normalized spacial score (nSPS) is 12.6. The number of nitrogens with one attached hydrogen (secondary N) is 1. The highest BCUT2D eigenvalue weighted by Gasteiger charge is 2.14. The molecule has 0 aliphatic heterocycles. The molecule has 2 rings (SSSR count). The van der Waals surface area contributed by atoms with Crippen LogP contribution in [0.15, 0.2) is 28.7 Å². The second-order valence-corrected chi connectivity index (χ2v) is 6.33. The lowest BCUT2D eigenvalue weighted by molar-refractivity contribution is 0.490. The van der Waals surface area contributed by atoms with E-state index in [0.29, 0.717) is 0 Å². The molecule has 4 nitrogen and oxygen atoms in total. The average Bonchev–Trinajstić information content (AvgIpc) is 2.71. The second-order valence-electron chi connectivity index (χ2n) is 5.47. The third-order valence-electron chi connectivity index (χ3n) is 4.06. The molecule has 1 unspecified atom stereocenters.